The minimum atomic E-state index is -3.92. The van der Waals surface area contributed by atoms with Gasteiger partial charge in [-0.2, -0.15) is 0 Å². The van der Waals surface area contributed by atoms with E-state index in [4.69, 9.17) is 4.74 Å². The Morgan fingerprint density at radius 1 is 1.19 bits per heavy atom. The first kappa shape index (κ1) is 21.5. The van der Waals surface area contributed by atoms with Gasteiger partial charge in [0, 0.05) is 18.0 Å². The maximum absolute atomic E-state index is 12.9. The van der Waals surface area contributed by atoms with Crippen LogP contribution in [0.3, 0.4) is 0 Å². The summed E-state index contributed by atoms with van der Waals surface area (Å²) < 4.78 is 33.7. The molecule has 8 nitrogen and oxygen atoms in total. The van der Waals surface area contributed by atoms with Crippen molar-refractivity contribution in [2.45, 2.75) is 34.8 Å². The molecule has 10 heteroatoms. The number of ether oxygens (including phenoxy) is 1. The van der Waals surface area contributed by atoms with Gasteiger partial charge in [-0.15, -0.1) is 11.8 Å². The van der Waals surface area contributed by atoms with Crippen molar-refractivity contribution < 1.29 is 22.7 Å². The van der Waals surface area contributed by atoms with Crippen molar-refractivity contribution in [1.82, 2.24) is 4.90 Å². The number of hydrogen-bond donors (Lipinski definition) is 2. The minimum Gasteiger partial charge on any atom is -0.495 e. The van der Waals surface area contributed by atoms with E-state index in [-0.39, 0.29) is 10.8 Å². The fourth-order valence-corrected chi connectivity index (χ4v) is 5.77. The Morgan fingerprint density at radius 2 is 1.94 bits per heavy atom. The number of fused-ring (bicyclic) bond motifs is 1. The lowest BCUT2D eigenvalue weighted by Gasteiger charge is -2.27. The lowest BCUT2D eigenvalue weighted by molar-refractivity contribution is -0.133. The molecule has 1 fully saturated rings. The zero-order chi connectivity index (χ0) is 22.2. The summed E-state index contributed by atoms with van der Waals surface area (Å²) in [6, 6.07) is 9.68. The smallest absolute Gasteiger partial charge is 0.262 e. The van der Waals surface area contributed by atoms with Crippen LogP contribution in [-0.2, 0) is 19.6 Å². The maximum atomic E-state index is 12.9. The predicted octanol–water partition coefficient (Wildman–Crippen LogP) is 2.84. The quantitative estimate of drug-likeness (QED) is 0.664. The molecule has 0 aromatic heterocycles. The Morgan fingerprint density at radius 3 is 2.65 bits per heavy atom. The Bertz CT molecular complexity index is 1140. The first-order valence-electron chi connectivity index (χ1n) is 9.86. The van der Waals surface area contributed by atoms with Crippen LogP contribution in [0.5, 0.6) is 5.75 Å². The fourth-order valence-electron chi connectivity index (χ4n) is 3.63. The molecule has 2 heterocycles. The summed E-state index contributed by atoms with van der Waals surface area (Å²) in [4.78, 5) is 27.6. The van der Waals surface area contributed by atoms with Crippen LogP contribution in [0.25, 0.3) is 0 Å². The van der Waals surface area contributed by atoms with Crippen LogP contribution in [0.2, 0.25) is 0 Å². The monoisotopic (exact) mass is 461 g/mol. The second kappa shape index (κ2) is 8.43. The second-order valence-electron chi connectivity index (χ2n) is 7.49. The Balaban J connectivity index is 1.57. The topological polar surface area (TPSA) is 105 Å². The molecule has 0 aliphatic carbocycles. The molecule has 2 N–H and O–H groups in total. The number of sulfonamides is 1. The Hall–Kier alpha value is -2.72. The molecular weight excluding hydrogens is 438 g/mol. The van der Waals surface area contributed by atoms with Gasteiger partial charge in [-0.1, -0.05) is 6.07 Å². The van der Waals surface area contributed by atoms with E-state index in [1.54, 1.807) is 23.1 Å². The molecule has 2 aliphatic heterocycles. The molecule has 31 heavy (non-hydrogen) atoms. The summed E-state index contributed by atoms with van der Waals surface area (Å²) >= 11 is 1.15. The number of amides is 2. The van der Waals surface area contributed by atoms with Gasteiger partial charge in [-0.25, -0.2) is 8.42 Å². The highest BCUT2D eigenvalue weighted by Crippen LogP contribution is 2.38. The average molecular weight is 462 g/mol. The first-order chi connectivity index (χ1) is 14.8. The minimum absolute atomic E-state index is 0.0000265. The van der Waals surface area contributed by atoms with E-state index >= 15 is 0 Å². The van der Waals surface area contributed by atoms with E-state index < -0.39 is 21.2 Å². The number of nitrogens with one attached hydrogen (secondary N) is 2. The van der Waals surface area contributed by atoms with Crippen LogP contribution in [0.4, 0.5) is 11.4 Å². The summed E-state index contributed by atoms with van der Waals surface area (Å²) in [6.07, 6.45) is 1.89. The number of nitrogens with zero attached hydrogens (tertiary/aromatic N) is 1. The number of aryl methyl sites for hydroxylation is 1. The van der Waals surface area contributed by atoms with Gasteiger partial charge in [0.05, 0.1) is 23.4 Å². The molecule has 0 radical (unpaired) electrons. The zero-order valence-corrected chi connectivity index (χ0v) is 18.8. The molecule has 2 aromatic rings. The normalized spacial score (nSPS) is 18.3. The number of thioether (sulfide) groups is 1. The molecule has 2 aliphatic rings. The van der Waals surface area contributed by atoms with Gasteiger partial charge in [0.25, 0.3) is 10.0 Å². The van der Waals surface area contributed by atoms with E-state index in [1.807, 2.05) is 13.0 Å². The van der Waals surface area contributed by atoms with Gasteiger partial charge >= 0.3 is 0 Å². The van der Waals surface area contributed by atoms with Gasteiger partial charge in [-0.05, 0) is 55.7 Å². The van der Waals surface area contributed by atoms with Crippen molar-refractivity contribution in [3.63, 3.8) is 0 Å². The summed E-state index contributed by atoms with van der Waals surface area (Å²) in [7, 11) is -2.46. The third kappa shape index (κ3) is 4.35. The molecule has 0 bridgehead atoms. The molecule has 4 rings (SSSR count). The maximum Gasteiger partial charge on any atom is 0.262 e. The molecular formula is C21H23N3O5S2. The van der Waals surface area contributed by atoms with Gasteiger partial charge < -0.3 is 15.0 Å². The number of anilines is 2. The first-order valence-corrected chi connectivity index (χ1v) is 12.2. The van der Waals surface area contributed by atoms with Crippen LogP contribution in [0, 0.1) is 6.92 Å². The number of hydrogen-bond acceptors (Lipinski definition) is 6. The molecule has 0 saturated carbocycles. The van der Waals surface area contributed by atoms with Crippen molar-refractivity contribution in [1.29, 1.82) is 0 Å². The van der Waals surface area contributed by atoms with Crippen molar-refractivity contribution >= 4 is 45.0 Å². The summed E-state index contributed by atoms with van der Waals surface area (Å²) in [5.41, 5.74) is 1.58. The van der Waals surface area contributed by atoms with Gasteiger partial charge in [0.15, 0.2) is 5.25 Å². The standard InChI is InChI=1S/C21H23N3O5S2/c1-13-5-7-17(29-2)15(11-13)23-31(27,28)14-6-8-18-16(12-14)22-20(25)19(30-18)21(26)24-9-3-4-10-24/h5-8,11-12,19,23H,3-4,9-10H2,1-2H3,(H,22,25)/t19-/m1/s1. The molecule has 0 unspecified atom stereocenters. The van der Waals surface area contributed by atoms with Crippen LogP contribution in [-0.4, -0.2) is 50.6 Å². The second-order valence-corrected chi connectivity index (χ2v) is 10.3. The van der Waals surface area contributed by atoms with Gasteiger partial charge in [0.2, 0.25) is 11.8 Å². The summed E-state index contributed by atoms with van der Waals surface area (Å²) in [6.45, 7) is 3.19. The SMILES string of the molecule is COc1ccc(C)cc1NS(=O)(=O)c1ccc2c(c1)NC(=O)[C@H](C(=O)N1CCCC1)S2. The van der Waals surface area contributed by atoms with Gasteiger partial charge in [-0.3, -0.25) is 14.3 Å². The Labute approximate surface area is 185 Å². The largest absolute Gasteiger partial charge is 0.495 e. The highest BCUT2D eigenvalue weighted by molar-refractivity contribution is 8.01. The van der Waals surface area contributed by atoms with Crippen LogP contribution in [0.15, 0.2) is 46.2 Å². The summed E-state index contributed by atoms with van der Waals surface area (Å²) in [5.74, 6) is -0.230. The van der Waals surface area contributed by atoms with Crippen molar-refractivity contribution in [2.75, 3.05) is 30.2 Å². The molecule has 2 aromatic carbocycles. The van der Waals surface area contributed by atoms with Crippen LogP contribution in [0.1, 0.15) is 18.4 Å². The molecule has 1 atom stereocenters. The third-order valence-electron chi connectivity index (χ3n) is 5.24. The predicted molar refractivity (Wildman–Crippen MR) is 119 cm³/mol. The molecule has 2 amide bonds. The van der Waals surface area contributed by atoms with E-state index in [0.717, 1.165) is 30.2 Å². The van der Waals surface area contributed by atoms with E-state index in [0.29, 0.717) is 35.1 Å². The lowest BCUT2D eigenvalue weighted by atomic mass is 10.2. The summed E-state index contributed by atoms with van der Waals surface area (Å²) in [5, 5.41) is 1.84. The van der Waals surface area contributed by atoms with Crippen molar-refractivity contribution in [3.05, 3.63) is 42.0 Å². The number of carbonyl (C=O) groups is 2. The molecule has 164 valence electrons. The molecule has 0 spiro atoms. The van der Waals surface area contributed by atoms with Gasteiger partial charge in [0.1, 0.15) is 5.75 Å². The lowest BCUT2D eigenvalue weighted by Crippen LogP contribution is -2.43. The average Bonchev–Trinajstić information content (AvgIpc) is 3.27. The van der Waals surface area contributed by atoms with Crippen molar-refractivity contribution in [3.8, 4) is 5.75 Å². The van der Waals surface area contributed by atoms with Crippen LogP contribution >= 0.6 is 11.8 Å². The number of likely N-dealkylation sites (tertiary alicyclic amines) is 1. The Kier molecular flexibility index (Phi) is 5.85. The van der Waals surface area contributed by atoms with E-state index in [2.05, 4.69) is 10.0 Å². The number of carbonyl (C=O) groups excluding carboxylic acids is 2. The fraction of sp³-hybridized carbons (Fsp3) is 0.333. The van der Waals surface area contributed by atoms with E-state index in [1.165, 1.54) is 19.2 Å². The molecule has 1 saturated heterocycles. The highest BCUT2D eigenvalue weighted by Gasteiger charge is 2.37. The highest BCUT2D eigenvalue weighted by atomic mass is 32.2. The van der Waals surface area contributed by atoms with Crippen LogP contribution < -0.4 is 14.8 Å². The number of benzene rings is 2. The third-order valence-corrected chi connectivity index (χ3v) is 7.87. The number of rotatable bonds is 5. The zero-order valence-electron chi connectivity index (χ0n) is 17.2. The van der Waals surface area contributed by atoms with Crippen molar-refractivity contribution in [2.24, 2.45) is 0 Å². The number of methoxy groups -OCH3 is 1. The van der Waals surface area contributed by atoms with E-state index in [9.17, 15) is 18.0 Å².